The molecule has 5 rings (SSSR count). The Morgan fingerprint density at radius 2 is 1.71 bits per heavy atom. The van der Waals surface area contributed by atoms with Crippen molar-refractivity contribution >= 4 is 5.69 Å². The number of nitrogens with zero attached hydrogens (tertiary/aromatic N) is 4. The van der Waals surface area contributed by atoms with Crippen LogP contribution in [0.3, 0.4) is 0 Å². The van der Waals surface area contributed by atoms with Gasteiger partial charge in [0.15, 0.2) is 0 Å². The van der Waals surface area contributed by atoms with E-state index in [1.54, 1.807) is 13.2 Å². The molecule has 1 aromatic carbocycles. The monoisotopic (exact) mass is 422 g/mol. The summed E-state index contributed by atoms with van der Waals surface area (Å²) >= 11 is 0. The predicted octanol–water partition coefficient (Wildman–Crippen LogP) is 2.49. The van der Waals surface area contributed by atoms with E-state index >= 15 is 0 Å². The highest BCUT2D eigenvalue weighted by Crippen LogP contribution is 2.35. The summed E-state index contributed by atoms with van der Waals surface area (Å²) in [5.41, 5.74) is 2.64. The summed E-state index contributed by atoms with van der Waals surface area (Å²) in [6.07, 6.45) is 2.46. The Balaban J connectivity index is 1.09. The summed E-state index contributed by atoms with van der Waals surface area (Å²) < 4.78 is 7.56. The maximum atomic E-state index is 12.2. The Morgan fingerprint density at radius 1 is 0.903 bits per heavy atom. The van der Waals surface area contributed by atoms with Gasteiger partial charge in [0.2, 0.25) is 0 Å². The topological polar surface area (TPSA) is 41.0 Å². The first-order chi connectivity index (χ1) is 15.2. The van der Waals surface area contributed by atoms with Gasteiger partial charge in [0.05, 0.1) is 12.8 Å². The Labute approximate surface area is 185 Å². The Morgan fingerprint density at radius 3 is 2.55 bits per heavy atom. The zero-order valence-electron chi connectivity index (χ0n) is 18.6. The highest BCUT2D eigenvalue weighted by Gasteiger charge is 2.34. The first-order valence-electron chi connectivity index (χ1n) is 11.7. The normalized spacial score (nSPS) is 24.1. The van der Waals surface area contributed by atoms with Gasteiger partial charge in [-0.1, -0.05) is 18.2 Å². The van der Waals surface area contributed by atoms with Crippen molar-refractivity contribution in [2.75, 3.05) is 64.4 Å². The van der Waals surface area contributed by atoms with Crippen molar-refractivity contribution in [3.8, 4) is 5.75 Å². The number of hydrogen-bond acceptors (Lipinski definition) is 5. The summed E-state index contributed by atoms with van der Waals surface area (Å²) in [5.74, 6) is 2.11. The molecule has 0 unspecified atom stereocenters. The molecule has 0 spiro atoms. The van der Waals surface area contributed by atoms with Crippen LogP contribution in [0.4, 0.5) is 5.69 Å². The van der Waals surface area contributed by atoms with Gasteiger partial charge in [-0.05, 0) is 50.0 Å². The number of ether oxygens (including phenoxy) is 1. The van der Waals surface area contributed by atoms with Crippen molar-refractivity contribution < 1.29 is 4.74 Å². The van der Waals surface area contributed by atoms with E-state index in [2.05, 4.69) is 32.9 Å². The van der Waals surface area contributed by atoms with Crippen LogP contribution in [0, 0.1) is 5.92 Å². The van der Waals surface area contributed by atoms with Gasteiger partial charge in [0.1, 0.15) is 5.75 Å². The fourth-order valence-corrected chi connectivity index (χ4v) is 5.80. The van der Waals surface area contributed by atoms with E-state index in [4.69, 9.17) is 4.74 Å². The van der Waals surface area contributed by atoms with Gasteiger partial charge in [0.25, 0.3) is 5.56 Å². The van der Waals surface area contributed by atoms with E-state index in [-0.39, 0.29) is 5.56 Å². The van der Waals surface area contributed by atoms with Crippen LogP contribution in [0.1, 0.15) is 24.5 Å². The van der Waals surface area contributed by atoms with Crippen LogP contribution in [-0.2, 0) is 6.54 Å². The molecule has 6 nitrogen and oxygen atoms in total. The summed E-state index contributed by atoms with van der Waals surface area (Å²) in [5, 5.41) is 0. The van der Waals surface area contributed by atoms with Gasteiger partial charge in [-0.15, -0.1) is 0 Å². The number of fused-ring (bicyclic) bond motifs is 4. The number of aromatic nitrogens is 1. The van der Waals surface area contributed by atoms with Gasteiger partial charge < -0.3 is 19.1 Å². The lowest BCUT2D eigenvalue weighted by Gasteiger charge is -2.43. The number of likely N-dealkylation sites (tertiary alicyclic amines) is 1. The minimum Gasteiger partial charge on any atom is -0.495 e. The lowest BCUT2D eigenvalue weighted by atomic mass is 9.83. The second-order valence-corrected chi connectivity index (χ2v) is 9.31. The van der Waals surface area contributed by atoms with Crippen LogP contribution in [0.2, 0.25) is 0 Å². The molecule has 2 saturated heterocycles. The molecule has 3 aliphatic rings. The number of rotatable bonds is 6. The molecule has 3 aliphatic heterocycles. The first kappa shape index (κ1) is 20.6. The standard InChI is InChI=1S/C25H34N4O2/c1-31-24-8-3-2-6-23(24)28-14-12-26(13-15-28)10-5-11-27-17-20-16-21(19-27)22-7-4-9-25(30)29(22)18-20/h2-4,6-9,20-21H,5,10-19H2,1H3/t20-,21+/m1/s1. The molecular formula is C25H34N4O2. The lowest BCUT2D eigenvalue weighted by molar-refractivity contribution is 0.114. The van der Waals surface area contributed by atoms with Crippen LogP contribution in [-0.4, -0.2) is 73.8 Å². The molecule has 2 bridgehead atoms. The zero-order valence-corrected chi connectivity index (χ0v) is 18.6. The number of piperidine rings is 1. The summed E-state index contributed by atoms with van der Waals surface area (Å²) in [7, 11) is 1.75. The fraction of sp³-hybridized carbons (Fsp3) is 0.560. The van der Waals surface area contributed by atoms with Gasteiger partial charge in [-0.3, -0.25) is 9.69 Å². The smallest absolute Gasteiger partial charge is 0.250 e. The summed E-state index contributed by atoms with van der Waals surface area (Å²) in [4.78, 5) is 19.9. The number of pyridine rings is 1. The third-order valence-corrected chi connectivity index (χ3v) is 7.30. The van der Waals surface area contributed by atoms with E-state index in [9.17, 15) is 4.79 Å². The lowest BCUT2D eigenvalue weighted by Crippen LogP contribution is -2.49. The number of para-hydroxylation sites is 2. The summed E-state index contributed by atoms with van der Waals surface area (Å²) in [6, 6.07) is 14.1. The largest absolute Gasteiger partial charge is 0.495 e. The molecule has 0 amide bonds. The molecule has 2 aromatic rings. The minimum atomic E-state index is 0.174. The maximum Gasteiger partial charge on any atom is 0.250 e. The zero-order chi connectivity index (χ0) is 21.2. The number of piperazine rings is 1. The average molecular weight is 423 g/mol. The molecule has 6 heteroatoms. The molecule has 31 heavy (non-hydrogen) atoms. The number of hydrogen-bond donors (Lipinski definition) is 0. The molecule has 0 saturated carbocycles. The third kappa shape index (κ3) is 4.37. The number of anilines is 1. The molecule has 0 N–H and O–H groups in total. The van der Waals surface area contributed by atoms with Crippen molar-refractivity contribution in [2.24, 2.45) is 5.92 Å². The van der Waals surface area contributed by atoms with Crippen molar-refractivity contribution in [2.45, 2.75) is 25.3 Å². The molecular weight excluding hydrogens is 388 g/mol. The highest BCUT2D eigenvalue weighted by atomic mass is 16.5. The Hall–Kier alpha value is -2.31. The van der Waals surface area contributed by atoms with Crippen LogP contribution in [0.15, 0.2) is 47.3 Å². The molecule has 2 atom stereocenters. The highest BCUT2D eigenvalue weighted by molar-refractivity contribution is 5.58. The second kappa shape index (κ2) is 9.05. The average Bonchev–Trinajstić information content (AvgIpc) is 2.80. The van der Waals surface area contributed by atoms with E-state index < -0.39 is 0 Å². The van der Waals surface area contributed by atoms with Gasteiger partial charge in [-0.2, -0.15) is 0 Å². The Kier molecular flexibility index (Phi) is 6.01. The quantitative estimate of drug-likeness (QED) is 0.716. The minimum absolute atomic E-state index is 0.174. The van der Waals surface area contributed by atoms with Crippen LogP contribution in [0.5, 0.6) is 5.75 Å². The first-order valence-corrected chi connectivity index (χ1v) is 11.7. The van der Waals surface area contributed by atoms with Crippen LogP contribution >= 0.6 is 0 Å². The SMILES string of the molecule is COc1ccccc1N1CCN(CCCN2C[C@H]3C[C@@H](C2)c2cccc(=O)n2C3)CC1. The van der Waals surface area contributed by atoms with Gasteiger partial charge in [-0.25, -0.2) is 0 Å². The Bertz CT molecular complexity index is 951. The van der Waals surface area contributed by atoms with Crippen molar-refractivity contribution in [3.05, 3.63) is 58.5 Å². The van der Waals surface area contributed by atoms with E-state index in [0.717, 1.165) is 58.1 Å². The number of methoxy groups -OCH3 is 1. The fourth-order valence-electron chi connectivity index (χ4n) is 5.80. The molecule has 4 heterocycles. The summed E-state index contributed by atoms with van der Waals surface area (Å²) in [6.45, 7) is 9.80. The maximum absolute atomic E-state index is 12.2. The van der Waals surface area contributed by atoms with E-state index in [1.165, 1.54) is 30.8 Å². The van der Waals surface area contributed by atoms with Gasteiger partial charge >= 0.3 is 0 Å². The van der Waals surface area contributed by atoms with Crippen LogP contribution in [0.25, 0.3) is 0 Å². The molecule has 166 valence electrons. The second-order valence-electron chi connectivity index (χ2n) is 9.31. The third-order valence-electron chi connectivity index (χ3n) is 7.30. The van der Waals surface area contributed by atoms with E-state index in [1.807, 2.05) is 22.8 Å². The van der Waals surface area contributed by atoms with Crippen molar-refractivity contribution in [1.29, 1.82) is 0 Å². The molecule has 0 radical (unpaired) electrons. The molecule has 0 aliphatic carbocycles. The van der Waals surface area contributed by atoms with Crippen molar-refractivity contribution in [1.82, 2.24) is 14.4 Å². The molecule has 1 aromatic heterocycles. The predicted molar refractivity (Wildman–Crippen MR) is 124 cm³/mol. The van der Waals surface area contributed by atoms with Gasteiger partial charge in [0, 0.05) is 63.5 Å². The van der Waals surface area contributed by atoms with Crippen molar-refractivity contribution in [3.63, 3.8) is 0 Å². The van der Waals surface area contributed by atoms with Crippen LogP contribution < -0.4 is 15.2 Å². The number of benzene rings is 1. The molecule has 2 fully saturated rings. The van der Waals surface area contributed by atoms with E-state index in [0.29, 0.717) is 11.8 Å².